The van der Waals surface area contributed by atoms with Crippen LogP contribution >= 0.6 is 0 Å². The van der Waals surface area contributed by atoms with Gasteiger partial charge in [-0.3, -0.25) is 4.68 Å². The van der Waals surface area contributed by atoms with E-state index in [1.807, 2.05) is 6.92 Å². The Hall–Kier alpha value is -1.34. The van der Waals surface area contributed by atoms with Crippen molar-refractivity contribution in [3.8, 4) is 6.07 Å². The third kappa shape index (κ3) is 3.47. The first-order chi connectivity index (χ1) is 14.7. The van der Waals surface area contributed by atoms with Crippen LogP contribution in [-0.2, 0) is 6.54 Å². The molecule has 0 radical (unpaired) electrons. The monoisotopic (exact) mass is 423 g/mol. The Morgan fingerprint density at radius 2 is 1.90 bits per heavy atom. The summed E-state index contributed by atoms with van der Waals surface area (Å²) >= 11 is 0. The van der Waals surface area contributed by atoms with Crippen molar-refractivity contribution in [3.05, 3.63) is 18.0 Å². The Labute approximate surface area is 188 Å². The Balaban J connectivity index is 1.34. The van der Waals surface area contributed by atoms with Gasteiger partial charge in [0.05, 0.1) is 23.9 Å². The summed E-state index contributed by atoms with van der Waals surface area (Å²) in [5, 5.41) is 25.1. The molecule has 4 fully saturated rings. The number of rotatable bonds is 3. The zero-order chi connectivity index (χ0) is 22.0. The summed E-state index contributed by atoms with van der Waals surface area (Å²) in [7, 11) is 0. The number of hydrogen-bond donors (Lipinski definition) is 1. The smallest absolute Gasteiger partial charge is 0.102 e. The molecule has 4 nitrogen and oxygen atoms in total. The van der Waals surface area contributed by atoms with Gasteiger partial charge in [0.15, 0.2) is 0 Å². The fraction of sp³-hybridized carbons (Fsp3) is 0.852. The summed E-state index contributed by atoms with van der Waals surface area (Å²) in [6.45, 7) is 9.98. The lowest BCUT2D eigenvalue weighted by Gasteiger charge is -2.58. The fourth-order valence-corrected chi connectivity index (χ4v) is 9.23. The zero-order valence-corrected chi connectivity index (χ0v) is 19.9. The minimum Gasteiger partial charge on any atom is -0.388 e. The maximum Gasteiger partial charge on any atom is 0.102 e. The average molecular weight is 424 g/mol. The first kappa shape index (κ1) is 21.5. The van der Waals surface area contributed by atoms with E-state index >= 15 is 0 Å². The van der Waals surface area contributed by atoms with Gasteiger partial charge in [-0.05, 0) is 111 Å². The van der Waals surface area contributed by atoms with Gasteiger partial charge >= 0.3 is 0 Å². The molecule has 4 saturated carbocycles. The Bertz CT molecular complexity index is 853. The highest BCUT2D eigenvalue weighted by Gasteiger charge is 2.60. The van der Waals surface area contributed by atoms with Crippen molar-refractivity contribution in [1.82, 2.24) is 9.78 Å². The minimum absolute atomic E-state index is 0.232. The summed E-state index contributed by atoms with van der Waals surface area (Å²) in [6, 6.07) is 2.15. The molecule has 0 bridgehead atoms. The van der Waals surface area contributed by atoms with Gasteiger partial charge in [-0.15, -0.1) is 0 Å². The maximum atomic E-state index is 11.7. The van der Waals surface area contributed by atoms with Crippen LogP contribution in [0.1, 0.15) is 84.6 Å². The lowest BCUT2D eigenvalue weighted by molar-refractivity contribution is -0.118. The molecule has 170 valence electrons. The van der Waals surface area contributed by atoms with Gasteiger partial charge in [0, 0.05) is 6.20 Å². The van der Waals surface area contributed by atoms with E-state index in [9.17, 15) is 5.11 Å². The van der Waals surface area contributed by atoms with Crippen molar-refractivity contribution in [2.75, 3.05) is 0 Å². The molecular weight excluding hydrogens is 382 g/mol. The highest BCUT2D eigenvalue weighted by molar-refractivity contribution is 5.21. The lowest BCUT2D eigenvalue weighted by Crippen LogP contribution is -2.53. The van der Waals surface area contributed by atoms with E-state index in [1.165, 1.54) is 44.9 Å². The van der Waals surface area contributed by atoms with Crippen LogP contribution in [0.4, 0.5) is 0 Å². The van der Waals surface area contributed by atoms with Gasteiger partial charge in [-0.2, -0.15) is 10.4 Å². The number of nitrogens with zero attached hydrogens (tertiary/aromatic N) is 3. The van der Waals surface area contributed by atoms with Crippen molar-refractivity contribution >= 4 is 0 Å². The lowest BCUT2D eigenvalue weighted by atomic mass is 9.48. The van der Waals surface area contributed by atoms with E-state index in [0.717, 1.165) is 47.8 Å². The largest absolute Gasteiger partial charge is 0.388 e. The van der Waals surface area contributed by atoms with Gasteiger partial charge < -0.3 is 5.11 Å². The Morgan fingerprint density at radius 3 is 2.65 bits per heavy atom. The van der Waals surface area contributed by atoms with Crippen LogP contribution in [0, 0.1) is 64.1 Å². The molecular formula is C27H41N3O. The molecule has 1 heterocycles. The second kappa shape index (κ2) is 7.62. The molecule has 5 rings (SSSR count). The molecule has 0 spiro atoms. The summed E-state index contributed by atoms with van der Waals surface area (Å²) in [5.41, 5.74) is 0.0109. The third-order valence-corrected chi connectivity index (χ3v) is 10.8. The molecule has 0 aliphatic heterocycles. The number of aliphatic hydroxyl groups is 1. The highest BCUT2D eigenvalue weighted by atomic mass is 16.3. The van der Waals surface area contributed by atoms with Crippen molar-refractivity contribution < 1.29 is 5.11 Å². The Morgan fingerprint density at radius 1 is 1.13 bits per heavy atom. The van der Waals surface area contributed by atoms with Gasteiger partial charge in [0.1, 0.15) is 6.07 Å². The molecule has 1 aromatic rings. The molecule has 0 amide bonds. The van der Waals surface area contributed by atoms with Crippen LogP contribution in [-0.4, -0.2) is 20.5 Å². The van der Waals surface area contributed by atoms with Crippen LogP contribution in [0.3, 0.4) is 0 Å². The van der Waals surface area contributed by atoms with Gasteiger partial charge in [-0.1, -0.05) is 20.8 Å². The predicted molar refractivity (Wildman–Crippen MR) is 122 cm³/mol. The first-order valence-electron chi connectivity index (χ1n) is 12.9. The first-order valence-corrected chi connectivity index (χ1v) is 12.9. The molecule has 10 atom stereocenters. The number of fused-ring (bicyclic) bond motifs is 5. The fourth-order valence-electron chi connectivity index (χ4n) is 9.23. The van der Waals surface area contributed by atoms with E-state index < -0.39 is 5.60 Å². The van der Waals surface area contributed by atoms with E-state index in [0.29, 0.717) is 18.0 Å². The molecule has 31 heavy (non-hydrogen) atoms. The van der Waals surface area contributed by atoms with Gasteiger partial charge in [0.25, 0.3) is 0 Å². The maximum absolute atomic E-state index is 11.7. The summed E-state index contributed by atoms with van der Waals surface area (Å²) in [6.07, 6.45) is 14.2. The van der Waals surface area contributed by atoms with Crippen molar-refractivity contribution in [1.29, 1.82) is 5.26 Å². The molecule has 4 aliphatic carbocycles. The second-order valence-corrected chi connectivity index (χ2v) is 12.4. The van der Waals surface area contributed by atoms with E-state index in [1.54, 1.807) is 17.1 Å². The summed E-state index contributed by atoms with van der Waals surface area (Å²) < 4.78 is 1.77. The van der Waals surface area contributed by atoms with Crippen molar-refractivity contribution in [3.63, 3.8) is 0 Å². The van der Waals surface area contributed by atoms with E-state index in [4.69, 9.17) is 5.26 Å². The van der Waals surface area contributed by atoms with E-state index in [2.05, 4.69) is 31.9 Å². The average Bonchev–Trinajstić information content (AvgIpc) is 3.32. The normalized spacial score (nSPS) is 46.3. The molecule has 0 unspecified atom stereocenters. The number of nitriles is 1. The quantitative estimate of drug-likeness (QED) is 0.682. The standard InChI is InChI=1S/C27H41N3O/c1-17-11-20-5-6-22-21(23(20)12-18(17)2)9-10-26(3)24(22)7-8-25(26)27(4,31)16-30-15-19(13-28)14-29-30/h14-15,17-18,20-25,31H,5-12,16H2,1-4H3/t17-,18-,20-,21+,22-,23+,24+,25+,26+,27-/m1/s1. The van der Waals surface area contributed by atoms with Crippen molar-refractivity contribution in [2.24, 2.45) is 52.8 Å². The zero-order valence-electron chi connectivity index (χ0n) is 19.9. The molecule has 4 heteroatoms. The molecule has 1 N–H and O–H groups in total. The van der Waals surface area contributed by atoms with Gasteiger partial charge in [0.2, 0.25) is 0 Å². The van der Waals surface area contributed by atoms with Crippen LogP contribution in [0.15, 0.2) is 12.4 Å². The molecule has 0 saturated heterocycles. The SMILES string of the molecule is C[C@@H]1C[C@H]2CC[C@@H]3[C@H](CC[C@@]4(C)[C@H]3CC[C@@H]4[C@](C)(O)Cn3cc(C#N)cn3)[C@H]2C[C@H]1C. The second-order valence-electron chi connectivity index (χ2n) is 12.4. The summed E-state index contributed by atoms with van der Waals surface area (Å²) in [4.78, 5) is 0. The Kier molecular flexibility index (Phi) is 5.28. The summed E-state index contributed by atoms with van der Waals surface area (Å²) in [5.74, 6) is 6.61. The molecule has 4 aliphatic rings. The van der Waals surface area contributed by atoms with Crippen LogP contribution < -0.4 is 0 Å². The minimum atomic E-state index is -0.791. The highest BCUT2D eigenvalue weighted by Crippen LogP contribution is 2.66. The van der Waals surface area contributed by atoms with Crippen LogP contribution in [0.2, 0.25) is 0 Å². The molecule has 0 aromatic carbocycles. The van der Waals surface area contributed by atoms with Crippen LogP contribution in [0.5, 0.6) is 0 Å². The number of hydrogen-bond acceptors (Lipinski definition) is 3. The van der Waals surface area contributed by atoms with Gasteiger partial charge in [-0.25, -0.2) is 0 Å². The van der Waals surface area contributed by atoms with E-state index in [-0.39, 0.29) is 5.41 Å². The number of aromatic nitrogens is 2. The van der Waals surface area contributed by atoms with Crippen molar-refractivity contribution in [2.45, 2.75) is 91.2 Å². The molecule has 1 aromatic heterocycles. The topological polar surface area (TPSA) is 61.8 Å². The van der Waals surface area contributed by atoms with Crippen LogP contribution in [0.25, 0.3) is 0 Å². The third-order valence-electron chi connectivity index (χ3n) is 10.8. The predicted octanol–water partition coefficient (Wildman–Crippen LogP) is 5.66.